The number of hydrogen-bond donors (Lipinski definition) is 1. The van der Waals surface area contributed by atoms with Crippen molar-refractivity contribution in [1.82, 2.24) is 0 Å². The van der Waals surface area contributed by atoms with Gasteiger partial charge in [0.05, 0.1) is 14.9 Å². The summed E-state index contributed by atoms with van der Waals surface area (Å²) in [6.07, 6.45) is 0. The Morgan fingerprint density at radius 3 is 2.80 bits per heavy atom. The fourth-order valence-electron chi connectivity index (χ4n) is 0.558. The largest absolute Gasteiger partial charge is 0.411 e. The Morgan fingerprint density at radius 2 is 2.40 bits per heavy atom. The number of thiophene rings is 1. The summed E-state index contributed by atoms with van der Waals surface area (Å²) in [6.45, 7) is 1.72. The SMILES string of the molecule is C/C(=N/O)c1ccc(Cl)s1. The second-order valence-corrected chi connectivity index (χ2v) is 3.50. The Hall–Kier alpha value is -0.540. The molecular weight excluding hydrogens is 170 g/mol. The van der Waals surface area contributed by atoms with Gasteiger partial charge < -0.3 is 5.21 Å². The zero-order valence-corrected chi connectivity index (χ0v) is 6.91. The predicted octanol–water partition coefficient (Wildman–Crippen LogP) is 2.60. The Kier molecular flexibility index (Phi) is 2.29. The Labute approximate surface area is 67.7 Å². The van der Waals surface area contributed by atoms with Gasteiger partial charge in [-0.05, 0) is 19.1 Å². The van der Waals surface area contributed by atoms with Crippen LogP contribution in [0, 0.1) is 0 Å². The third-order valence-electron chi connectivity index (χ3n) is 1.08. The summed E-state index contributed by atoms with van der Waals surface area (Å²) in [5.41, 5.74) is 0.594. The minimum Gasteiger partial charge on any atom is -0.411 e. The molecule has 0 radical (unpaired) electrons. The van der Waals surface area contributed by atoms with Gasteiger partial charge in [-0.1, -0.05) is 16.8 Å². The second kappa shape index (κ2) is 3.03. The van der Waals surface area contributed by atoms with Crippen molar-refractivity contribution in [1.29, 1.82) is 0 Å². The van der Waals surface area contributed by atoms with Crippen molar-refractivity contribution in [2.45, 2.75) is 6.92 Å². The summed E-state index contributed by atoms with van der Waals surface area (Å²) >= 11 is 7.04. The van der Waals surface area contributed by atoms with Gasteiger partial charge in [0.25, 0.3) is 0 Å². The summed E-state index contributed by atoms with van der Waals surface area (Å²) in [4.78, 5) is 0.896. The van der Waals surface area contributed by atoms with Gasteiger partial charge in [-0.2, -0.15) is 0 Å². The highest BCUT2D eigenvalue weighted by atomic mass is 35.5. The van der Waals surface area contributed by atoms with Gasteiger partial charge >= 0.3 is 0 Å². The first kappa shape index (κ1) is 7.57. The smallest absolute Gasteiger partial charge is 0.0936 e. The van der Waals surface area contributed by atoms with Crippen molar-refractivity contribution < 1.29 is 5.21 Å². The fraction of sp³-hybridized carbons (Fsp3) is 0.167. The van der Waals surface area contributed by atoms with Crippen molar-refractivity contribution >= 4 is 28.6 Å². The van der Waals surface area contributed by atoms with Crippen molar-refractivity contribution in [2.24, 2.45) is 5.16 Å². The van der Waals surface area contributed by atoms with Crippen LogP contribution in [-0.2, 0) is 0 Å². The number of rotatable bonds is 1. The van der Waals surface area contributed by atoms with Crippen LogP contribution in [0.1, 0.15) is 11.8 Å². The molecule has 4 heteroatoms. The van der Waals surface area contributed by atoms with Gasteiger partial charge in [0.15, 0.2) is 0 Å². The lowest BCUT2D eigenvalue weighted by Gasteiger charge is -1.87. The molecule has 0 saturated heterocycles. The van der Waals surface area contributed by atoms with E-state index in [0.717, 1.165) is 4.88 Å². The minimum atomic E-state index is 0.594. The lowest BCUT2D eigenvalue weighted by atomic mass is 10.3. The van der Waals surface area contributed by atoms with E-state index in [2.05, 4.69) is 5.16 Å². The molecule has 0 spiro atoms. The van der Waals surface area contributed by atoms with Crippen LogP contribution in [0.2, 0.25) is 4.34 Å². The van der Waals surface area contributed by atoms with Crippen LogP contribution in [-0.4, -0.2) is 10.9 Å². The van der Waals surface area contributed by atoms with Gasteiger partial charge in [0.1, 0.15) is 0 Å². The van der Waals surface area contributed by atoms with E-state index in [4.69, 9.17) is 16.8 Å². The topological polar surface area (TPSA) is 32.6 Å². The molecule has 54 valence electrons. The number of oxime groups is 1. The second-order valence-electron chi connectivity index (χ2n) is 1.79. The standard InChI is InChI=1S/C6H6ClNOS/c1-4(8-9)5-2-3-6(7)10-5/h2-3,9H,1H3/b8-4-. The molecule has 10 heavy (non-hydrogen) atoms. The van der Waals surface area contributed by atoms with Crippen molar-refractivity contribution in [2.75, 3.05) is 0 Å². The zero-order valence-electron chi connectivity index (χ0n) is 5.34. The first-order chi connectivity index (χ1) is 4.74. The molecule has 0 aliphatic rings. The maximum atomic E-state index is 8.35. The van der Waals surface area contributed by atoms with Crippen LogP contribution in [0.25, 0.3) is 0 Å². The lowest BCUT2D eigenvalue weighted by Crippen LogP contribution is -1.87. The van der Waals surface area contributed by atoms with Crippen LogP contribution in [0.5, 0.6) is 0 Å². The predicted molar refractivity (Wildman–Crippen MR) is 43.3 cm³/mol. The van der Waals surface area contributed by atoms with Gasteiger partial charge in [0, 0.05) is 0 Å². The molecule has 0 aliphatic heterocycles. The van der Waals surface area contributed by atoms with Crippen LogP contribution in [0.4, 0.5) is 0 Å². The highest BCUT2D eigenvalue weighted by Gasteiger charge is 2.00. The van der Waals surface area contributed by atoms with E-state index in [-0.39, 0.29) is 0 Å². The summed E-state index contributed by atoms with van der Waals surface area (Å²) < 4.78 is 0.706. The highest BCUT2D eigenvalue weighted by molar-refractivity contribution is 7.18. The van der Waals surface area contributed by atoms with E-state index in [1.807, 2.05) is 6.07 Å². The zero-order chi connectivity index (χ0) is 7.56. The molecule has 0 fully saturated rings. The first-order valence-electron chi connectivity index (χ1n) is 2.68. The fourth-order valence-corrected chi connectivity index (χ4v) is 1.54. The summed E-state index contributed by atoms with van der Waals surface area (Å²) in [5, 5.41) is 11.4. The summed E-state index contributed by atoms with van der Waals surface area (Å²) in [6, 6.07) is 3.60. The molecule has 1 aromatic rings. The molecule has 1 N–H and O–H groups in total. The minimum absolute atomic E-state index is 0.594. The molecule has 0 atom stereocenters. The highest BCUT2D eigenvalue weighted by Crippen LogP contribution is 2.21. The van der Waals surface area contributed by atoms with Gasteiger partial charge in [0.2, 0.25) is 0 Å². The van der Waals surface area contributed by atoms with E-state index in [9.17, 15) is 0 Å². The molecular formula is C6H6ClNOS. The normalized spacial score (nSPS) is 12.0. The van der Waals surface area contributed by atoms with Crippen molar-refractivity contribution in [3.8, 4) is 0 Å². The molecule has 1 heterocycles. The van der Waals surface area contributed by atoms with E-state index >= 15 is 0 Å². The average molecular weight is 176 g/mol. The number of hydrogen-bond acceptors (Lipinski definition) is 3. The van der Waals surface area contributed by atoms with Gasteiger partial charge in [-0.3, -0.25) is 0 Å². The third-order valence-corrected chi connectivity index (χ3v) is 2.42. The summed E-state index contributed by atoms with van der Waals surface area (Å²) in [7, 11) is 0. The first-order valence-corrected chi connectivity index (χ1v) is 3.88. The molecule has 0 bridgehead atoms. The summed E-state index contributed by atoms with van der Waals surface area (Å²) in [5.74, 6) is 0. The molecule has 0 unspecified atom stereocenters. The Bertz CT molecular complexity index is 256. The van der Waals surface area contributed by atoms with Crippen LogP contribution in [0.3, 0.4) is 0 Å². The Morgan fingerprint density at radius 1 is 1.70 bits per heavy atom. The molecule has 0 saturated carbocycles. The monoisotopic (exact) mass is 175 g/mol. The van der Waals surface area contributed by atoms with Gasteiger partial charge in [-0.25, -0.2) is 0 Å². The van der Waals surface area contributed by atoms with Crippen molar-refractivity contribution in [3.63, 3.8) is 0 Å². The van der Waals surface area contributed by atoms with E-state index in [1.54, 1.807) is 13.0 Å². The van der Waals surface area contributed by atoms with E-state index in [1.165, 1.54) is 11.3 Å². The molecule has 1 aromatic heterocycles. The van der Waals surface area contributed by atoms with E-state index < -0.39 is 0 Å². The van der Waals surface area contributed by atoms with Crippen LogP contribution < -0.4 is 0 Å². The third kappa shape index (κ3) is 1.49. The van der Waals surface area contributed by atoms with Crippen LogP contribution in [0.15, 0.2) is 17.3 Å². The number of halogens is 1. The maximum Gasteiger partial charge on any atom is 0.0936 e. The van der Waals surface area contributed by atoms with Gasteiger partial charge in [-0.15, -0.1) is 11.3 Å². The van der Waals surface area contributed by atoms with E-state index in [0.29, 0.717) is 10.0 Å². The molecule has 0 amide bonds. The quantitative estimate of drug-likeness (QED) is 0.397. The lowest BCUT2D eigenvalue weighted by molar-refractivity contribution is 0.319. The van der Waals surface area contributed by atoms with Crippen LogP contribution >= 0.6 is 22.9 Å². The van der Waals surface area contributed by atoms with Crippen molar-refractivity contribution in [3.05, 3.63) is 21.3 Å². The maximum absolute atomic E-state index is 8.35. The molecule has 2 nitrogen and oxygen atoms in total. The molecule has 0 aromatic carbocycles. The Balaban J connectivity index is 2.95. The molecule has 1 rings (SSSR count). The number of nitrogens with zero attached hydrogens (tertiary/aromatic N) is 1. The average Bonchev–Trinajstić information content (AvgIpc) is 2.34. The molecule has 0 aliphatic carbocycles.